The minimum atomic E-state index is -0.0976. The van der Waals surface area contributed by atoms with E-state index >= 15 is 0 Å². The fraction of sp³-hybridized carbons (Fsp3) is 1.00. The zero-order chi connectivity index (χ0) is 17.7. The zero-order valence-electron chi connectivity index (χ0n) is 16.7. The van der Waals surface area contributed by atoms with E-state index in [2.05, 4.69) is 18.7 Å². The van der Waals surface area contributed by atoms with E-state index in [-0.39, 0.29) is 11.5 Å². The molecule has 3 heteroatoms. The molecule has 0 amide bonds. The Morgan fingerprint density at radius 1 is 0.923 bits per heavy atom. The second kappa shape index (κ2) is 5.48. The van der Waals surface area contributed by atoms with Crippen molar-refractivity contribution < 1.29 is 9.84 Å². The number of fused-ring (bicyclic) bond motifs is 6. The van der Waals surface area contributed by atoms with Gasteiger partial charge in [-0.3, -0.25) is 4.90 Å². The second-order valence-electron chi connectivity index (χ2n) is 11.3. The molecule has 4 saturated carbocycles. The van der Waals surface area contributed by atoms with Crippen LogP contribution in [0.5, 0.6) is 0 Å². The Hall–Kier alpha value is -0.120. The van der Waals surface area contributed by atoms with Crippen molar-refractivity contribution in [2.24, 2.45) is 34.5 Å². The van der Waals surface area contributed by atoms with Crippen molar-refractivity contribution in [1.82, 2.24) is 4.90 Å². The number of likely N-dealkylation sites (tertiary alicyclic amines) is 1. The second-order valence-corrected chi connectivity index (χ2v) is 11.3. The van der Waals surface area contributed by atoms with Gasteiger partial charge >= 0.3 is 0 Å². The first-order valence-corrected chi connectivity index (χ1v) is 11.6. The van der Waals surface area contributed by atoms with Gasteiger partial charge in [0.2, 0.25) is 0 Å². The van der Waals surface area contributed by atoms with Gasteiger partial charge in [-0.1, -0.05) is 13.8 Å². The quantitative estimate of drug-likeness (QED) is 0.723. The molecule has 0 aromatic heterocycles. The first kappa shape index (κ1) is 16.8. The summed E-state index contributed by atoms with van der Waals surface area (Å²) in [6.45, 7) is 7.51. The number of hydrogen-bond acceptors (Lipinski definition) is 3. The normalized spacial score (nSPS) is 61.5. The van der Waals surface area contributed by atoms with Crippen molar-refractivity contribution in [3.63, 3.8) is 0 Å². The van der Waals surface area contributed by atoms with Crippen LogP contribution in [-0.4, -0.2) is 47.4 Å². The molecular formula is C23H37NO2. The molecule has 26 heavy (non-hydrogen) atoms. The Morgan fingerprint density at radius 3 is 2.54 bits per heavy atom. The van der Waals surface area contributed by atoms with Crippen molar-refractivity contribution in [3.05, 3.63) is 0 Å². The Kier molecular flexibility index (Phi) is 3.54. The van der Waals surface area contributed by atoms with Gasteiger partial charge in [-0.15, -0.1) is 0 Å². The average Bonchev–Trinajstić information content (AvgIpc) is 3.02. The average molecular weight is 360 g/mol. The molecule has 2 heterocycles. The van der Waals surface area contributed by atoms with E-state index in [1.54, 1.807) is 0 Å². The fourth-order valence-electron chi connectivity index (χ4n) is 8.93. The zero-order valence-corrected chi connectivity index (χ0v) is 16.7. The van der Waals surface area contributed by atoms with Gasteiger partial charge < -0.3 is 9.84 Å². The predicted molar refractivity (Wildman–Crippen MR) is 102 cm³/mol. The van der Waals surface area contributed by atoms with Gasteiger partial charge in [0.15, 0.2) is 0 Å². The highest BCUT2D eigenvalue weighted by Gasteiger charge is 2.65. The monoisotopic (exact) mass is 359 g/mol. The highest BCUT2D eigenvalue weighted by molar-refractivity contribution is 5.15. The lowest BCUT2D eigenvalue weighted by atomic mass is 9.45. The van der Waals surface area contributed by atoms with Gasteiger partial charge in [0.05, 0.1) is 18.3 Å². The molecule has 6 rings (SSSR count). The smallest absolute Gasteiger partial charge is 0.0847 e. The van der Waals surface area contributed by atoms with E-state index in [0.717, 1.165) is 23.7 Å². The van der Waals surface area contributed by atoms with Crippen LogP contribution in [0.1, 0.15) is 71.6 Å². The van der Waals surface area contributed by atoms with Crippen LogP contribution < -0.4 is 0 Å². The summed E-state index contributed by atoms with van der Waals surface area (Å²) >= 11 is 0. The van der Waals surface area contributed by atoms with E-state index < -0.39 is 0 Å². The van der Waals surface area contributed by atoms with Crippen molar-refractivity contribution in [1.29, 1.82) is 0 Å². The summed E-state index contributed by atoms with van der Waals surface area (Å²) in [6.07, 6.45) is 13.1. The third kappa shape index (κ3) is 2.12. The van der Waals surface area contributed by atoms with Gasteiger partial charge in [-0.05, 0) is 105 Å². The third-order valence-electron chi connectivity index (χ3n) is 10.5. The minimum Gasteiger partial charge on any atom is -0.391 e. The van der Waals surface area contributed by atoms with E-state index in [1.807, 2.05) is 0 Å². The van der Waals surface area contributed by atoms with Crippen LogP contribution in [0.4, 0.5) is 0 Å². The van der Waals surface area contributed by atoms with Crippen LogP contribution in [0.3, 0.4) is 0 Å². The first-order chi connectivity index (χ1) is 12.5. The summed E-state index contributed by atoms with van der Waals surface area (Å²) in [6, 6.07) is 0.444. The number of aliphatic hydroxyl groups excluding tert-OH is 1. The number of rotatable bonds is 1. The summed E-state index contributed by atoms with van der Waals surface area (Å²) in [5.41, 5.74) is 0.684. The summed E-state index contributed by atoms with van der Waals surface area (Å²) in [4.78, 5) is 2.64. The number of ether oxygens (including phenoxy) is 1. The molecule has 10 atom stereocenters. The standard InChI is InChI=1S/C23H37NO2/c1-22-8-7-16-15(6-5-14-11-19-20(26-19)13-23(14,16)2)17(22)12-18(21(22)25)24-9-3-4-10-24/h14-21,25H,3-13H2,1-2H3/t14-,15?,16-,17-,18?,19-,20+,21-,22-,23-/m0/s1. The number of aliphatic hydroxyl groups is 1. The molecular weight excluding hydrogens is 322 g/mol. The highest BCUT2D eigenvalue weighted by atomic mass is 16.6. The van der Waals surface area contributed by atoms with E-state index in [1.165, 1.54) is 70.9 Å². The van der Waals surface area contributed by atoms with Gasteiger partial charge in [0.25, 0.3) is 0 Å². The van der Waals surface area contributed by atoms with Crippen LogP contribution in [-0.2, 0) is 4.74 Å². The number of epoxide rings is 1. The van der Waals surface area contributed by atoms with Crippen LogP contribution in [0.25, 0.3) is 0 Å². The van der Waals surface area contributed by atoms with Crippen molar-refractivity contribution in [2.45, 2.75) is 96.0 Å². The molecule has 0 bridgehead atoms. The summed E-state index contributed by atoms with van der Waals surface area (Å²) in [5.74, 6) is 3.39. The SMILES string of the molecule is C[C@]12C[C@H]3O[C@H]3C[C@@H]1CCC1[C@@H]2CC[C@]2(C)[C@@H](O)C(N3CCCC3)C[C@@H]12. The van der Waals surface area contributed by atoms with E-state index in [0.29, 0.717) is 23.7 Å². The lowest BCUT2D eigenvalue weighted by Crippen LogP contribution is -2.54. The van der Waals surface area contributed by atoms with Crippen molar-refractivity contribution in [3.8, 4) is 0 Å². The number of hydrogen-bond donors (Lipinski definition) is 1. The largest absolute Gasteiger partial charge is 0.391 e. The molecule has 2 unspecified atom stereocenters. The molecule has 1 N–H and O–H groups in total. The summed E-state index contributed by atoms with van der Waals surface area (Å²) < 4.78 is 5.98. The molecule has 0 spiro atoms. The van der Waals surface area contributed by atoms with Crippen LogP contribution >= 0.6 is 0 Å². The topological polar surface area (TPSA) is 36.0 Å². The molecule has 6 fully saturated rings. The highest BCUT2D eigenvalue weighted by Crippen LogP contribution is 2.68. The summed E-state index contributed by atoms with van der Waals surface area (Å²) in [7, 11) is 0. The third-order valence-corrected chi connectivity index (χ3v) is 10.5. The molecule has 6 aliphatic rings. The first-order valence-electron chi connectivity index (χ1n) is 11.6. The molecule has 0 radical (unpaired) electrons. The Morgan fingerprint density at radius 2 is 1.73 bits per heavy atom. The lowest BCUT2D eigenvalue weighted by molar-refractivity contribution is -0.119. The maximum absolute atomic E-state index is 11.4. The van der Waals surface area contributed by atoms with Gasteiger partial charge in [-0.25, -0.2) is 0 Å². The van der Waals surface area contributed by atoms with Crippen molar-refractivity contribution >= 4 is 0 Å². The van der Waals surface area contributed by atoms with Gasteiger partial charge in [0.1, 0.15) is 0 Å². The molecule has 0 aromatic rings. The predicted octanol–water partition coefficient (Wildman–Crippen LogP) is 3.84. The minimum absolute atomic E-state index is 0.0976. The van der Waals surface area contributed by atoms with E-state index in [4.69, 9.17) is 4.74 Å². The molecule has 0 aromatic carbocycles. The Labute approximate surface area is 158 Å². The van der Waals surface area contributed by atoms with Crippen LogP contribution in [0.15, 0.2) is 0 Å². The molecule has 3 nitrogen and oxygen atoms in total. The maximum Gasteiger partial charge on any atom is 0.0847 e. The molecule has 146 valence electrons. The maximum atomic E-state index is 11.4. The number of nitrogens with zero attached hydrogens (tertiary/aromatic N) is 1. The van der Waals surface area contributed by atoms with Gasteiger partial charge in [-0.2, -0.15) is 0 Å². The fourth-order valence-corrected chi connectivity index (χ4v) is 8.93. The van der Waals surface area contributed by atoms with E-state index in [9.17, 15) is 5.11 Å². The Bertz CT molecular complexity index is 589. The molecule has 2 saturated heterocycles. The Balaban J connectivity index is 1.29. The van der Waals surface area contributed by atoms with Crippen LogP contribution in [0.2, 0.25) is 0 Å². The van der Waals surface area contributed by atoms with Gasteiger partial charge in [0, 0.05) is 6.04 Å². The lowest BCUT2D eigenvalue weighted by Gasteiger charge is -2.59. The summed E-state index contributed by atoms with van der Waals surface area (Å²) in [5, 5.41) is 11.4. The van der Waals surface area contributed by atoms with Crippen molar-refractivity contribution in [2.75, 3.05) is 13.1 Å². The molecule has 4 aliphatic carbocycles. The molecule has 2 aliphatic heterocycles. The van der Waals surface area contributed by atoms with Crippen LogP contribution in [0, 0.1) is 34.5 Å².